The molecule has 3 N–H and O–H groups in total. The lowest BCUT2D eigenvalue weighted by Gasteiger charge is -2.23. The molecule has 1 amide bonds. The molecule has 1 aliphatic rings. The van der Waals surface area contributed by atoms with Crippen LogP contribution in [0.3, 0.4) is 0 Å². The molecule has 1 fully saturated rings. The smallest absolute Gasteiger partial charge is 0.332 e. The highest BCUT2D eigenvalue weighted by Crippen LogP contribution is 2.17. The summed E-state index contributed by atoms with van der Waals surface area (Å²) in [5, 5.41) is 2.79. The fourth-order valence-corrected chi connectivity index (χ4v) is 1.88. The van der Waals surface area contributed by atoms with Crippen LogP contribution in [-0.2, 0) is 14.3 Å². The molecule has 0 aliphatic heterocycles. The van der Waals surface area contributed by atoms with Gasteiger partial charge in [-0.1, -0.05) is 19.3 Å². The molecule has 1 unspecified atom stereocenters. The Hall–Kier alpha value is -1.10. The Balaban J connectivity index is 2.35. The number of nitrogens with one attached hydrogen (secondary N) is 1. The first-order chi connectivity index (χ1) is 7.65. The summed E-state index contributed by atoms with van der Waals surface area (Å²) in [5.41, 5.74) is 5.48. The number of rotatable bonds is 4. The molecule has 0 radical (unpaired) electrons. The van der Waals surface area contributed by atoms with E-state index in [1.165, 1.54) is 6.42 Å². The van der Waals surface area contributed by atoms with Gasteiger partial charge in [-0.3, -0.25) is 4.79 Å². The molecule has 0 bridgehead atoms. The van der Waals surface area contributed by atoms with Crippen molar-refractivity contribution in [2.75, 3.05) is 6.61 Å². The minimum atomic E-state index is -1.19. The Morgan fingerprint density at radius 1 is 1.38 bits per heavy atom. The quantitative estimate of drug-likeness (QED) is 0.536. The summed E-state index contributed by atoms with van der Waals surface area (Å²) in [4.78, 5) is 22.8. The third kappa shape index (κ3) is 3.81. The van der Waals surface area contributed by atoms with Crippen LogP contribution < -0.4 is 11.1 Å². The molecule has 0 spiro atoms. The van der Waals surface area contributed by atoms with E-state index in [4.69, 9.17) is 5.73 Å². The average Bonchev–Trinajstić information content (AvgIpc) is 2.29. The van der Waals surface area contributed by atoms with Crippen LogP contribution in [0.5, 0.6) is 0 Å². The molecule has 0 heterocycles. The topological polar surface area (TPSA) is 81.4 Å². The first kappa shape index (κ1) is 13.0. The van der Waals surface area contributed by atoms with Crippen molar-refractivity contribution < 1.29 is 14.3 Å². The van der Waals surface area contributed by atoms with Crippen molar-refractivity contribution in [2.24, 2.45) is 5.73 Å². The number of hydrogen-bond acceptors (Lipinski definition) is 4. The molecule has 1 aliphatic carbocycles. The van der Waals surface area contributed by atoms with Gasteiger partial charge in [0, 0.05) is 6.04 Å². The van der Waals surface area contributed by atoms with Crippen LogP contribution in [0.2, 0.25) is 0 Å². The first-order valence-corrected chi connectivity index (χ1v) is 5.87. The van der Waals surface area contributed by atoms with E-state index in [2.05, 4.69) is 10.1 Å². The maximum Gasteiger partial charge on any atom is 0.332 e. The third-order valence-corrected chi connectivity index (χ3v) is 2.77. The number of carbonyl (C=O) groups excluding carboxylic acids is 2. The molecule has 1 saturated carbocycles. The summed E-state index contributed by atoms with van der Waals surface area (Å²) < 4.78 is 4.69. The molecule has 16 heavy (non-hydrogen) atoms. The van der Waals surface area contributed by atoms with Crippen molar-refractivity contribution in [3.63, 3.8) is 0 Å². The second-order valence-corrected chi connectivity index (χ2v) is 4.07. The van der Waals surface area contributed by atoms with Crippen molar-refractivity contribution in [3.8, 4) is 0 Å². The fraction of sp³-hybridized carbons (Fsp3) is 0.818. The van der Waals surface area contributed by atoms with E-state index in [-0.39, 0.29) is 12.6 Å². The molecule has 0 aromatic rings. The molecular formula is C11H20N2O3. The number of carbonyl (C=O) groups is 2. The summed E-state index contributed by atoms with van der Waals surface area (Å²) in [6.45, 7) is 1.92. The summed E-state index contributed by atoms with van der Waals surface area (Å²) in [7, 11) is 0. The summed E-state index contributed by atoms with van der Waals surface area (Å²) in [5.74, 6) is -1.08. The second kappa shape index (κ2) is 6.48. The van der Waals surface area contributed by atoms with Crippen molar-refractivity contribution in [1.82, 2.24) is 5.32 Å². The van der Waals surface area contributed by atoms with Crippen molar-refractivity contribution in [3.05, 3.63) is 0 Å². The third-order valence-electron chi connectivity index (χ3n) is 2.77. The van der Waals surface area contributed by atoms with Crippen LogP contribution in [0.4, 0.5) is 0 Å². The monoisotopic (exact) mass is 228 g/mol. The maximum atomic E-state index is 11.6. The molecule has 0 aromatic heterocycles. The minimum Gasteiger partial charge on any atom is -0.464 e. The van der Waals surface area contributed by atoms with Gasteiger partial charge in [-0.25, -0.2) is 4.79 Å². The van der Waals surface area contributed by atoms with Gasteiger partial charge in [-0.2, -0.15) is 0 Å². The molecule has 92 valence electrons. The molecule has 1 rings (SSSR count). The van der Waals surface area contributed by atoms with Crippen LogP contribution in [0.25, 0.3) is 0 Å². The van der Waals surface area contributed by atoms with Gasteiger partial charge in [0.1, 0.15) is 0 Å². The number of ether oxygens (including phenoxy) is 1. The number of amides is 1. The lowest BCUT2D eigenvalue weighted by molar-refractivity contribution is -0.148. The zero-order valence-electron chi connectivity index (χ0n) is 9.70. The average molecular weight is 228 g/mol. The van der Waals surface area contributed by atoms with Crippen LogP contribution in [0.15, 0.2) is 0 Å². The van der Waals surface area contributed by atoms with E-state index in [0.29, 0.717) is 0 Å². The van der Waals surface area contributed by atoms with E-state index in [9.17, 15) is 9.59 Å². The van der Waals surface area contributed by atoms with Gasteiger partial charge in [0.2, 0.25) is 5.91 Å². The Kier molecular flexibility index (Phi) is 5.25. The van der Waals surface area contributed by atoms with Crippen molar-refractivity contribution in [2.45, 2.75) is 51.1 Å². The number of esters is 1. The van der Waals surface area contributed by atoms with Gasteiger partial charge in [0.25, 0.3) is 0 Å². The second-order valence-electron chi connectivity index (χ2n) is 4.07. The zero-order valence-corrected chi connectivity index (χ0v) is 9.70. The van der Waals surface area contributed by atoms with Gasteiger partial charge in [-0.05, 0) is 19.8 Å². The normalized spacial score (nSPS) is 18.9. The predicted octanol–water partition coefficient (Wildman–Crippen LogP) is 0.326. The standard InChI is InChI=1S/C11H20N2O3/c1-2-16-11(15)9(12)10(14)13-8-6-4-3-5-7-8/h8-9H,2-7,12H2,1H3,(H,13,14). The van der Waals surface area contributed by atoms with E-state index in [1.54, 1.807) is 6.92 Å². The number of nitrogens with two attached hydrogens (primary N) is 1. The largest absolute Gasteiger partial charge is 0.464 e. The van der Waals surface area contributed by atoms with Crippen molar-refractivity contribution >= 4 is 11.9 Å². The minimum absolute atomic E-state index is 0.168. The Morgan fingerprint density at radius 2 is 2.00 bits per heavy atom. The van der Waals surface area contributed by atoms with Gasteiger partial charge >= 0.3 is 5.97 Å². The fourth-order valence-electron chi connectivity index (χ4n) is 1.88. The molecule has 5 nitrogen and oxygen atoms in total. The molecule has 5 heteroatoms. The predicted molar refractivity (Wildman–Crippen MR) is 59.6 cm³/mol. The lowest BCUT2D eigenvalue weighted by atomic mass is 9.95. The highest BCUT2D eigenvalue weighted by Gasteiger charge is 2.25. The van der Waals surface area contributed by atoms with E-state index in [1.807, 2.05) is 0 Å². The first-order valence-electron chi connectivity index (χ1n) is 5.87. The van der Waals surface area contributed by atoms with Gasteiger partial charge in [0.15, 0.2) is 6.04 Å². The van der Waals surface area contributed by atoms with Crippen LogP contribution in [0.1, 0.15) is 39.0 Å². The highest BCUT2D eigenvalue weighted by atomic mass is 16.5. The SMILES string of the molecule is CCOC(=O)C(N)C(=O)NC1CCCCC1. The Morgan fingerprint density at radius 3 is 2.56 bits per heavy atom. The summed E-state index contributed by atoms with van der Waals surface area (Å²) >= 11 is 0. The molecular weight excluding hydrogens is 208 g/mol. The Labute approximate surface area is 95.7 Å². The molecule has 1 atom stereocenters. The van der Waals surface area contributed by atoms with E-state index >= 15 is 0 Å². The van der Waals surface area contributed by atoms with Crippen LogP contribution in [0, 0.1) is 0 Å². The maximum absolute atomic E-state index is 11.6. The highest BCUT2D eigenvalue weighted by molar-refractivity contribution is 6.01. The van der Waals surface area contributed by atoms with Crippen LogP contribution in [-0.4, -0.2) is 30.6 Å². The van der Waals surface area contributed by atoms with E-state index in [0.717, 1.165) is 25.7 Å². The zero-order chi connectivity index (χ0) is 12.0. The molecule has 0 saturated heterocycles. The van der Waals surface area contributed by atoms with Gasteiger partial charge < -0.3 is 15.8 Å². The summed E-state index contributed by atoms with van der Waals surface area (Å²) in [6, 6.07) is -1.02. The Bertz CT molecular complexity index is 250. The van der Waals surface area contributed by atoms with Crippen LogP contribution >= 0.6 is 0 Å². The van der Waals surface area contributed by atoms with Crippen molar-refractivity contribution in [1.29, 1.82) is 0 Å². The lowest BCUT2D eigenvalue weighted by Crippen LogP contribution is -2.50. The molecule has 0 aromatic carbocycles. The van der Waals surface area contributed by atoms with Gasteiger partial charge in [0.05, 0.1) is 6.61 Å². The summed E-state index contributed by atoms with van der Waals surface area (Å²) in [6.07, 6.45) is 5.41. The van der Waals surface area contributed by atoms with E-state index < -0.39 is 17.9 Å². The number of hydrogen-bond donors (Lipinski definition) is 2. The van der Waals surface area contributed by atoms with Gasteiger partial charge in [-0.15, -0.1) is 0 Å².